The van der Waals surface area contributed by atoms with Crippen LogP contribution in [0.3, 0.4) is 0 Å². The Morgan fingerprint density at radius 1 is 0.500 bits per heavy atom. The van der Waals surface area contributed by atoms with E-state index in [-0.39, 0.29) is 0 Å². The molecule has 2 N–H and O–H groups in total. The van der Waals surface area contributed by atoms with Gasteiger partial charge in [-0.05, 0) is 25.7 Å². The third-order valence-electron chi connectivity index (χ3n) is 6.04. The van der Waals surface area contributed by atoms with Crippen molar-refractivity contribution in [1.82, 2.24) is 0 Å². The minimum atomic E-state index is -0.642. The summed E-state index contributed by atoms with van der Waals surface area (Å²) in [4.78, 5) is 0. The van der Waals surface area contributed by atoms with Crippen LogP contribution in [0.1, 0.15) is 90.9 Å². The SMILES string of the molecule is CCCCCCCC[N+](C)(C)CC(O)C(O)C[N+](C)(C)CCCCCCCC. The van der Waals surface area contributed by atoms with Crippen molar-refractivity contribution < 1.29 is 19.2 Å². The molecule has 0 aliphatic heterocycles. The molecule has 4 nitrogen and oxygen atoms in total. The Morgan fingerprint density at radius 2 is 0.786 bits per heavy atom. The van der Waals surface area contributed by atoms with E-state index in [2.05, 4.69) is 42.0 Å². The molecule has 0 aromatic heterocycles. The Kier molecular flexibility index (Phi) is 15.6. The van der Waals surface area contributed by atoms with Crippen molar-refractivity contribution in [2.24, 2.45) is 0 Å². The molecule has 0 radical (unpaired) electrons. The number of hydrogen-bond acceptors (Lipinski definition) is 2. The van der Waals surface area contributed by atoms with Crippen LogP contribution < -0.4 is 0 Å². The number of aliphatic hydroxyl groups is 2. The highest BCUT2D eigenvalue weighted by molar-refractivity contribution is 4.66. The summed E-state index contributed by atoms with van der Waals surface area (Å²) in [6, 6.07) is 0. The van der Waals surface area contributed by atoms with Crippen LogP contribution >= 0.6 is 0 Å². The van der Waals surface area contributed by atoms with Gasteiger partial charge in [0.15, 0.2) is 0 Å². The molecule has 0 saturated heterocycles. The quantitative estimate of drug-likeness (QED) is 0.245. The van der Waals surface area contributed by atoms with Crippen molar-refractivity contribution in [2.45, 2.75) is 103 Å². The van der Waals surface area contributed by atoms with E-state index in [1.807, 2.05) is 0 Å². The van der Waals surface area contributed by atoms with Crippen LogP contribution in [-0.2, 0) is 0 Å². The van der Waals surface area contributed by atoms with Crippen LogP contribution in [0.2, 0.25) is 0 Å². The van der Waals surface area contributed by atoms with Crippen LogP contribution in [0.5, 0.6) is 0 Å². The zero-order valence-corrected chi connectivity index (χ0v) is 20.3. The molecule has 0 heterocycles. The van der Waals surface area contributed by atoms with Gasteiger partial charge in [0.1, 0.15) is 25.3 Å². The molecular weight excluding hydrogens is 348 g/mol. The highest BCUT2D eigenvalue weighted by Gasteiger charge is 2.30. The zero-order chi connectivity index (χ0) is 21.5. The van der Waals surface area contributed by atoms with Gasteiger partial charge in [-0.2, -0.15) is 0 Å². The fourth-order valence-electron chi connectivity index (χ4n) is 4.08. The number of rotatable bonds is 19. The number of quaternary nitrogens is 2. The molecule has 0 aromatic carbocycles. The van der Waals surface area contributed by atoms with Crippen molar-refractivity contribution in [3.63, 3.8) is 0 Å². The van der Waals surface area contributed by atoms with E-state index in [0.29, 0.717) is 13.1 Å². The van der Waals surface area contributed by atoms with Crippen molar-refractivity contribution in [3.05, 3.63) is 0 Å². The van der Waals surface area contributed by atoms with Gasteiger partial charge in [-0.3, -0.25) is 0 Å². The standard InChI is InChI=1S/C24H54N2O2/c1-7-9-11-13-15-17-19-25(3,4)21-23(27)24(28)22-26(5,6)20-18-16-14-12-10-8-2/h23-24,27-28H,7-22H2,1-6H3/q+2. The van der Waals surface area contributed by atoms with E-state index in [1.54, 1.807) is 0 Å². The number of aliphatic hydroxyl groups excluding tert-OH is 2. The van der Waals surface area contributed by atoms with Gasteiger partial charge in [-0.1, -0.05) is 65.2 Å². The Balaban J connectivity index is 4.10. The Labute approximate surface area is 177 Å². The van der Waals surface area contributed by atoms with Crippen molar-refractivity contribution in [3.8, 4) is 0 Å². The number of nitrogens with zero attached hydrogens (tertiary/aromatic N) is 2. The molecule has 0 rings (SSSR count). The van der Waals surface area contributed by atoms with Gasteiger partial charge in [0.25, 0.3) is 0 Å². The van der Waals surface area contributed by atoms with E-state index in [1.165, 1.54) is 77.0 Å². The molecular formula is C24H54N2O2+2. The molecule has 0 aromatic rings. The van der Waals surface area contributed by atoms with E-state index in [0.717, 1.165) is 22.1 Å². The first-order valence-electron chi connectivity index (χ1n) is 12.1. The Morgan fingerprint density at radius 3 is 1.11 bits per heavy atom. The van der Waals surface area contributed by atoms with E-state index in [9.17, 15) is 10.2 Å². The van der Waals surface area contributed by atoms with Gasteiger partial charge in [0.05, 0.1) is 41.3 Å². The highest BCUT2D eigenvalue weighted by atomic mass is 16.3. The molecule has 2 unspecified atom stereocenters. The minimum absolute atomic E-state index is 0.632. The summed E-state index contributed by atoms with van der Waals surface area (Å²) in [5, 5.41) is 21.2. The lowest BCUT2D eigenvalue weighted by atomic mass is 10.1. The minimum Gasteiger partial charge on any atom is -0.384 e. The van der Waals surface area contributed by atoms with Gasteiger partial charge < -0.3 is 19.2 Å². The lowest BCUT2D eigenvalue weighted by Gasteiger charge is -2.36. The first kappa shape index (κ1) is 27.8. The van der Waals surface area contributed by atoms with Crippen molar-refractivity contribution in [1.29, 1.82) is 0 Å². The smallest absolute Gasteiger partial charge is 0.134 e. The average molecular weight is 403 g/mol. The molecule has 4 heteroatoms. The van der Waals surface area contributed by atoms with Crippen LogP contribution in [0, 0.1) is 0 Å². The normalized spacial score (nSPS) is 15.0. The molecule has 0 bridgehead atoms. The monoisotopic (exact) mass is 402 g/mol. The molecule has 28 heavy (non-hydrogen) atoms. The second-order valence-corrected chi connectivity index (χ2v) is 10.4. The Bertz CT molecular complexity index is 325. The van der Waals surface area contributed by atoms with E-state index in [4.69, 9.17) is 0 Å². The number of hydrogen-bond donors (Lipinski definition) is 2. The fourth-order valence-corrected chi connectivity index (χ4v) is 4.08. The van der Waals surface area contributed by atoms with E-state index >= 15 is 0 Å². The second-order valence-electron chi connectivity index (χ2n) is 10.4. The van der Waals surface area contributed by atoms with Crippen LogP contribution in [0.25, 0.3) is 0 Å². The van der Waals surface area contributed by atoms with Gasteiger partial charge in [-0.15, -0.1) is 0 Å². The average Bonchev–Trinajstić information content (AvgIpc) is 2.60. The Hall–Kier alpha value is -0.160. The summed E-state index contributed by atoms with van der Waals surface area (Å²) in [5.41, 5.74) is 0. The first-order chi connectivity index (χ1) is 13.1. The van der Waals surface area contributed by atoms with Gasteiger partial charge in [-0.25, -0.2) is 0 Å². The third-order valence-corrected chi connectivity index (χ3v) is 6.04. The summed E-state index contributed by atoms with van der Waals surface area (Å²) in [5.74, 6) is 0. The third kappa shape index (κ3) is 15.7. The molecule has 2 atom stereocenters. The topological polar surface area (TPSA) is 40.5 Å². The lowest BCUT2D eigenvalue weighted by molar-refractivity contribution is -0.902. The van der Waals surface area contributed by atoms with E-state index < -0.39 is 12.2 Å². The predicted molar refractivity (Wildman–Crippen MR) is 122 cm³/mol. The lowest BCUT2D eigenvalue weighted by Crippen LogP contribution is -2.54. The molecule has 0 amide bonds. The van der Waals surface area contributed by atoms with Crippen molar-refractivity contribution >= 4 is 0 Å². The summed E-state index contributed by atoms with van der Waals surface area (Å²) in [7, 11) is 8.72. The van der Waals surface area contributed by atoms with Gasteiger partial charge in [0, 0.05) is 0 Å². The highest BCUT2D eigenvalue weighted by Crippen LogP contribution is 2.13. The second kappa shape index (κ2) is 15.6. The number of unbranched alkanes of at least 4 members (excludes halogenated alkanes) is 10. The number of likely N-dealkylation sites (N-methyl/N-ethyl adjacent to an activating group) is 2. The maximum atomic E-state index is 10.6. The van der Waals surface area contributed by atoms with Crippen molar-refractivity contribution in [2.75, 3.05) is 54.4 Å². The fraction of sp³-hybridized carbons (Fsp3) is 1.00. The maximum Gasteiger partial charge on any atom is 0.134 e. The molecule has 0 aliphatic carbocycles. The largest absolute Gasteiger partial charge is 0.384 e. The summed E-state index contributed by atoms with van der Waals surface area (Å²) < 4.78 is 1.58. The predicted octanol–water partition coefficient (Wildman–Crippen LogP) is 4.58. The molecule has 0 spiro atoms. The van der Waals surface area contributed by atoms with Crippen LogP contribution in [-0.4, -0.2) is 85.8 Å². The van der Waals surface area contributed by atoms with Gasteiger partial charge in [0.2, 0.25) is 0 Å². The molecule has 0 aliphatic rings. The molecule has 0 saturated carbocycles. The zero-order valence-electron chi connectivity index (χ0n) is 20.3. The maximum absolute atomic E-state index is 10.6. The summed E-state index contributed by atoms with van der Waals surface area (Å²) in [6.45, 7) is 7.92. The first-order valence-corrected chi connectivity index (χ1v) is 12.1. The van der Waals surface area contributed by atoms with Gasteiger partial charge >= 0.3 is 0 Å². The molecule has 0 fully saturated rings. The molecule has 170 valence electrons. The van der Waals surface area contributed by atoms with Crippen LogP contribution in [0.15, 0.2) is 0 Å². The summed E-state index contributed by atoms with van der Waals surface area (Å²) >= 11 is 0. The van der Waals surface area contributed by atoms with Crippen LogP contribution in [0.4, 0.5) is 0 Å². The summed E-state index contributed by atoms with van der Waals surface area (Å²) in [6.07, 6.45) is 14.3.